The molecule has 138 valence electrons. The van der Waals surface area contributed by atoms with E-state index in [1.54, 1.807) is 0 Å². The molecule has 0 spiro atoms. The van der Waals surface area contributed by atoms with Gasteiger partial charge in [-0.05, 0) is 62.8 Å². The van der Waals surface area contributed by atoms with Gasteiger partial charge < -0.3 is 15.3 Å². The molecule has 1 aromatic rings. The third-order valence-electron chi connectivity index (χ3n) is 5.72. The largest absolute Gasteiger partial charge is 0.393 e. The molecule has 0 bridgehead atoms. The van der Waals surface area contributed by atoms with Crippen molar-refractivity contribution in [3.63, 3.8) is 0 Å². The highest BCUT2D eigenvalue weighted by atomic mass is 16.3. The van der Waals surface area contributed by atoms with Crippen LogP contribution in [0.25, 0.3) is 0 Å². The number of benzene rings is 1. The first-order chi connectivity index (χ1) is 12.3. The van der Waals surface area contributed by atoms with E-state index in [1.165, 1.54) is 31.2 Å². The van der Waals surface area contributed by atoms with E-state index in [0.29, 0.717) is 5.92 Å². The molecule has 25 heavy (non-hydrogen) atoms. The van der Waals surface area contributed by atoms with Crippen LogP contribution in [-0.4, -0.2) is 48.2 Å². The van der Waals surface area contributed by atoms with Crippen LogP contribution in [0.2, 0.25) is 0 Å². The molecule has 0 aromatic heterocycles. The number of aliphatic hydroxyl groups is 1. The summed E-state index contributed by atoms with van der Waals surface area (Å²) >= 11 is 0. The number of hydrogen-bond donors (Lipinski definition) is 2. The summed E-state index contributed by atoms with van der Waals surface area (Å²) in [5.74, 6) is 2.49. The number of nitrogens with one attached hydrogen (secondary N) is 1. The second-order valence-electron chi connectivity index (χ2n) is 7.54. The Balaban J connectivity index is 1.50. The van der Waals surface area contributed by atoms with Gasteiger partial charge in [-0.25, -0.2) is 0 Å². The highest BCUT2D eigenvalue weighted by molar-refractivity contribution is 5.80. The summed E-state index contributed by atoms with van der Waals surface area (Å²) in [6.07, 6.45) is 6.71. The maximum absolute atomic E-state index is 9.70. The fourth-order valence-corrected chi connectivity index (χ4v) is 4.12. The molecular weight excluding hydrogens is 310 g/mol. The number of rotatable bonds is 4. The molecule has 2 fully saturated rings. The average molecular weight is 344 g/mol. The summed E-state index contributed by atoms with van der Waals surface area (Å²) in [6, 6.07) is 11.0. The van der Waals surface area contributed by atoms with Crippen molar-refractivity contribution in [3.8, 4) is 0 Å². The van der Waals surface area contributed by atoms with E-state index < -0.39 is 0 Å². The maximum Gasteiger partial charge on any atom is 0.193 e. The van der Waals surface area contributed by atoms with Crippen molar-refractivity contribution in [1.29, 1.82) is 0 Å². The molecule has 0 atom stereocenters. The van der Waals surface area contributed by atoms with Gasteiger partial charge in [0.25, 0.3) is 0 Å². The van der Waals surface area contributed by atoms with Crippen LogP contribution in [0.3, 0.4) is 0 Å². The second-order valence-corrected chi connectivity index (χ2v) is 7.54. The summed E-state index contributed by atoms with van der Waals surface area (Å²) < 4.78 is 0. The minimum atomic E-state index is -0.132. The molecular formula is C21H33N3O. The summed E-state index contributed by atoms with van der Waals surface area (Å²) in [5.41, 5.74) is 1.50. The fourth-order valence-electron chi connectivity index (χ4n) is 4.12. The predicted octanol–water partition coefficient (Wildman–Crippen LogP) is 3.38. The molecule has 1 heterocycles. The van der Waals surface area contributed by atoms with Crippen LogP contribution in [0, 0.1) is 5.92 Å². The van der Waals surface area contributed by atoms with Gasteiger partial charge in [0.05, 0.1) is 6.10 Å². The molecule has 3 rings (SSSR count). The van der Waals surface area contributed by atoms with E-state index in [1.807, 2.05) is 0 Å². The van der Waals surface area contributed by atoms with E-state index in [4.69, 9.17) is 4.99 Å². The first-order valence-electron chi connectivity index (χ1n) is 10.0. The van der Waals surface area contributed by atoms with Gasteiger partial charge in [0.2, 0.25) is 0 Å². The van der Waals surface area contributed by atoms with E-state index in [0.717, 1.165) is 50.9 Å². The third-order valence-corrected chi connectivity index (χ3v) is 5.72. The number of aliphatic hydroxyl groups excluding tert-OH is 1. The molecule has 0 amide bonds. The Bertz CT molecular complexity index is 529. The van der Waals surface area contributed by atoms with Crippen LogP contribution in [0.5, 0.6) is 0 Å². The van der Waals surface area contributed by atoms with E-state index in [2.05, 4.69) is 47.5 Å². The fraction of sp³-hybridized carbons (Fsp3) is 0.667. The second kappa shape index (κ2) is 9.23. The lowest BCUT2D eigenvalue weighted by atomic mass is 9.79. The first kappa shape index (κ1) is 18.2. The summed E-state index contributed by atoms with van der Waals surface area (Å²) in [7, 11) is 0. The molecule has 1 aromatic carbocycles. The average Bonchev–Trinajstić information content (AvgIpc) is 2.67. The minimum Gasteiger partial charge on any atom is -0.393 e. The van der Waals surface area contributed by atoms with Gasteiger partial charge in [-0.1, -0.05) is 30.3 Å². The topological polar surface area (TPSA) is 47.9 Å². The summed E-state index contributed by atoms with van der Waals surface area (Å²) in [5, 5.41) is 13.1. The van der Waals surface area contributed by atoms with Gasteiger partial charge in [-0.2, -0.15) is 0 Å². The zero-order valence-electron chi connectivity index (χ0n) is 15.5. The normalized spacial score (nSPS) is 25.8. The van der Waals surface area contributed by atoms with Gasteiger partial charge in [0, 0.05) is 26.2 Å². The lowest BCUT2D eigenvalue weighted by Gasteiger charge is -2.33. The number of nitrogens with zero attached hydrogens (tertiary/aromatic N) is 2. The number of likely N-dealkylation sites (tertiary alicyclic amines) is 1. The standard InChI is InChI=1S/C21H33N3O/c1-2-22-21(24-14-12-20(25)13-15-24)23-16-17-8-10-19(11-9-17)18-6-4-3-5-7-18/h3-7,17,19-20,25H,2,8-16H2,1H3,(H,22,23). The lowest BCUT2D eigenvalue weighted by Crippen LogP contribution is -2.46. The van der Waals surface area contributed by atoms with Crippen molar-refractivity contribution >= 4 is 5.96 Å². The van der Waals surface area contributed by atoms with Crippen molar-refractivity contribution in [2.45, 2.75) is 57.5 Å². The van der Waals surface area contributed by atoms with Crippen LogP contribution < -0.4 is 5.32 Å². The molecule has 0 radical (unpaired) electrons. The predicted molar refractivity (Wildman–Crippen MR) is 104 cm³/mol. The van der Waals surface area contributed by atoms with Crippen LogP contribution in [0.4, 0.5) is 0 Å². The van der Waals surface area contributed by atoms with Gasteiger partial charge in [-0.3, -0.25) is 4.99 Å². The summed E-state index contributed by atoms with van der Waals surface area (Å²) in [6.45, 7) is 5.78. The number of piperidine rings is 1. The van der Waals surface area contributed by atoms with Crippen LogP contribution in [0.15, 0.2) is 35.3 Å². The highest BCUT2D eigenvalue weighted by Gasteiger charge is 2.23. The van der Waals surface area contributed by atoms with Crippen LogP contribution in [0.1, 0.15) is 56.9 Å². The Kier molecular flexibility index (Phi) is 6.74. The zero-order chi connectivity index (χ0) is 17.5. The van der Waals surface area contributed by atoms with Gasteiger partial charge in [-0.15, -0.1) is 0 Å². The number of guanidine groups is 1. The molecule has 1 saturated heterocycles. The third kappa shape index (κ3) is 5.21. The Labute approximate surface area is 152 Å². The highest BCUT2D eigenvalue weighted by Crippen LogP contribution is 2.35. The van der Waals surface area contributed by atoms with Crippen molar-refractivity contribution in [2.24, 2.45) is 10.9 Å². The van der Waals surface area contributed by atoms with Gasteiger partial charge in [0.15, 0.2) is 5.96 Å². The van der Waals surface area contributed by atoms with Gasteiger partial charge in [0.1, 0.15) is 0 Å². The minimum absolute atomic E-state index is 0.132. The molecule has 1 aliphatic heterocycles. The Morgan fingerprint density at radius 2 is 1.76 bits per heavy atom. The Morgan fingerprint density at radius 3 is 2.40 bits per heavy atom. The number of aliphatic imine (C=N–C) groups is 1. The van der Waals surface area contributed by atoms with Crippen molar-refractivity contribution in [3.05, 3.63) is 35.9 Å². The van der Waals surface area contributed by atoms with E-state index in [-0.39, 0.29) is 6.10 Å². The van der Waals surface area contributed by atoms with Crippen molar-refractivity contribution in [1.82, 2.24) is 10.2 Å². The molecule has 4 heteroatoms. The van der Waals surface area contributed by atoms with Crippen LogP contribution >= 0.6 is 0 Å². The SMILES string of the molecule is CCNC(=NCC1CCC(c2ccccc2)CC1)N1CCC(O)CC1. The molecule has 2 aliphatic rings. The Hall–Kier alpha value is -1.55. The molecule has 4 nitrogen and oxygen atoms in total. The molecule has 1 aliphatic carbocycles. The Morgan fingerprint density at radius 1 is 1.08 bits per heavy atom. The monoisotopic (exact) mass is 343 g/mol. The van der Waals surface area contributed by atoms with Crippen molar-refractivity contribution in [2.75, 3.05) is 26.2 Å². The molecule has 1 saturated carbocycles. The molecule has 2 N–H and O–H groups in total. The first-order valence-corrected chi connectivity index (χ1v) is 10.0. The quantitative estimate of drug-likeness (QED) is 0.651. The smallest absolute Gasteiger partial charge is 0.193 e. The lowest BCUT2D eigenvalue weighted by molar-refractivity contribution is 0.108. The number of hydrogen-bond acceptors (Lipinski definition) is 2. The van der Waals surface area contributed by atoms with Gasteiger partial charge >= 0.3 is 0 Å². The maximum atomic E-state index is 9.70. The van der Waals surface area contributed by atoms with E-state index in [9.17, 15) is 5.11 Å². The summed E-state index contributed by atoms with van der Waals surface area (Å²) in [4.78, 5) is 7.24. The van der Waals surface area contributed by atoms with Crippen molar-refractivity contribution < 1.29 is 5.11 Å². The van der Waals surface area contributed by atoms with Crippen LogP contribution in [-0.2, 0) is 0 Å². The molecule has 0 unspecified atom stereocenters. The zero-order valence-corrected chi connectivity index (χ0v) is 15.5. The van der Waals surface area contributed by atoms with E-state index >= 15 is 0 Å².